The van der Waals surface area contributed by atoms with Gasteiger partial charge in [0.2, 0.25) is 0 Å². The highest BCUT2D eigenvalue weighted by Gasteiger charge is 2.23. The normalized spacial score (nSPS) is 13.4. The highest BCUT2D eigenvalue weighted by atomic mass is 35.5. The number of aliphatic hydroxyl groups excluding tert-OH is 1. The SMILES string of the molecule is CC(C)(C)NC(=O)c1ccc(Cl)cc1CC(O)C(N)Cc1cc(F)c(F)cc1F.Cl. The minimum absolute atomic E-state index is 0. The van der Waals surface area contributed by atoms with E-state index in [1.165, 1.54) is 0 Å². The van der Waals surface area contributed by atoms with Gasteiger partial charge in [-0.2, -0.15) is 0 Å². The lowest BCUT2D eigenvalue weighted by atomic mass is 9.94. The van der Waals surface area contributed by atoms with E-state index in [4.69, 9.17) is 17.3 Å². The number of nitrogens with one attached hydrogen (secondary N) is 1. The molecule has 2 aromatic carbocycles. The quantitative estimate of drug-likeness (QED) is 0.561. The van der Waals surface area contributed by atoms with Gasteiger partial charge in [-0.3, -0.25) is 4.79 Å². The molecule has 30 heavy (non-hydrogen) atoms. The lowest BCUT2D eigenvalue weighted by molar-refractivity contribution is 0.0917. The molecule has 9 heteroatoms. The van der Waals surface area contributed by atoms with Crippen molar-refractivity contribution in [3.63, 3.8) is 0 Å². The molecule has 0 aliphatic rings. The minimum atomic E-state index is -1.30. The van der Waals surface area contributed by atoms with E-state index in [2.05, 4.69) is 5.32 Å². The van der Waals surface area contributed by atoms with Gasteiger partial charge in [-0.15, -0.1) is 12.4 Å². The minimum Gasteiger partial charge on any atom is -0.391 e. The average Bonchev–Trinajstić information content (AvgIpc) is 2.58. The zero-order valence-electron chi connectivity index (χ0n) is 16.8. The molecule has 0 aliphatic heterocycles. The number of hydrogen-bond acceptors (Lipinski definition) is 3. The number of hydrogen-bond donors (Lipinski definition) is 3. The highest BCUT2D eigenvalue weighted by molar-refractivity contribution is 6.30. The maximum atomic E-state index is 13.8. The third-order valence-electron chi connectivity index (χ3n) is 4.27. The first kappa shape index (κ1) is 26.2. The van der Waals surface area contributed by atoms with E-state index in [0.717, 1.165) is 6.07 Å². The van der Waals surface area contributed by atoms with Crippen LogP contribution in [0.2, 0.25) is 5.02 Å². The maximum Gasteiger partial charge on any atom is 0.251 e. The monoisotopic (exact) mass is 464 g/mol. The fraction of sp³-hybridized carbons (Fsp3) is 0.381. The first-order valence-electron chi connectivity index (χ1n) is 9.05. The van der Waals surface area contributed by atoms with Gasteiger partial charge in [0.05, 0.1) is 6.10 Å². The van der Waals surface area contributed by atoms with Gasteiger partial charge in [-0.1, -0.05) is 11.6 Å². The van der Waals surface area contributed by atoms with Crippen molar-refractivity contribution in [1.82, 2.24) is 5.32 Å². The fourth-order valence-electron chi connectivity index (χ4n) is 2.85. The summed E-state index contributed by atoms with van der Waals surface area (Å²) in [6.45, 7) is 5.50. The molecule has 0 saturated heterocycles. The molecule has 0 fully saturated rings. The van der Waals surface area contributed by atoms with Crippen molar-refractivity contribution in [3.8, 4) is 0 Å². The Labute approximate surface area is 185 Å². The van der Waals surface area contributed by atoms with Gasteiger partial charge in [-0.25, -0.2) is 13.2 Å². The van der Waals surface area contributed by atoms with Crippen LogP contribution >= 0.6 is 24.0 Å². The van der Waals surface area contributed by atoms with Crippen LogP contribution in [0, 0.1) is 17.5 Å². The first-order valence-corrected chi connectivity index (χ1v) is 9.43. The third kappa shape index (κ3) is 7.16. The van der Waals surface area contributed by atoms with E-state index in [-0.39, 0.29) is 36.7 Å². The Balaban J connectivity index is 0.00000450. The van der Waals surface area contributed by atoms with Gasteiger partial charge < -0.3 is 16.2 Å². The van der Waals surface area contributed by atoms with Gasteiger partial charge in [0.1, 0.15) is 5.82 Å². The van der Waals surface area contributed by atoms with Crippen molar-refractivity contribution in [2.75, 3.05) is 0 Å². The van der Waals surface area contributed by atoms with Crippen molar-refractivity contribution < 1.29 is 23.1 Å². The Morgan fingerprint density at radius 1 is 1.07 bits per heavy atom. The Morgan fingerprint density at radius 2 is 1.67 bits per heavy atom. The number of aliphatic hydroxyl groups is 1. The molecular weight excluding hydrogens is 440 g/mol. The van der Waals surface area contributed by atoms with Crippen LogP contribution in [0.1, 0.15) is 42.3 Å². The van der Waals surface area contributed by atoms with Crippen LogP contribution in [0.15, 0.2) is 30.3 Å². The number of amides is 1. The van der Waals surface area contributed by atoms with Crippen LogP contribution in [0.5, 0.6) is 0 Å². The van der Waals surface area contributed by atoms with Crippen LogP contribution in [-0.2, 0) is 12.8 Å². The van der Waals surface area contributed by atoms with Crippen molar-refractivity contribution in [3.05, 3.63) is 69.5 Å². The lowest BCUT2D eigenvalue weighted by Crippen LogP contribution is -2.42. The summed E-state index contributed by atoms with van der Waals surface area (Å²) < 4.78 is 40.3. The summed E-state index contributed by atoms with van der Waals surface area (Å²) >= 11 is 6.03. The van der Waals surface area contributed by atoms with Crippen LogP contribution in [0.4, 0.5) is 13.2 Å². The predicted octanol–water partition coefficient (Wildman–Crippen LogP) is 4.18. The molecule has 2 aromatic rings. The average molecular weight is 465 g/mol. The van der Waals surface area contributed by atoms with Crippen LogP contribution in [0.25, 0.3) is 0 Å². The third-order valence-corrected chi connectivity index (χ3v) is 4.50. The fourth-order valence-corrected chi connectivity index (χ4v) is 3.04. The molecule has 0 heterocycles. The molecule has 166 valence electrons. The van der Waals surface area contributed by atoms with Gasteiger partial charge in [0.25, 0.3) is 5.91 Å². The molecule has 0 saturated carbocycles. The van der Waals surface area contributed by atoms with E-state index in [1.54, 1.807) is 18.2 Å². The van der Waals surface area contributed by atoms with Crippen LogP contribution in [0.3, 0.4) is 0 Å². The smallest absolute Gasteiger partial charge is 0.251 e. The summed E-state index contributed by atoms with van der Waals surface area (Å²) in [6, 6.07) is 4.84. The van der Waals surface area contributed by atoms with Crippen molar-refractivity contribution >= 4 is 29.9 Å². The second kappa shape index (κ2) is 10.5. The van der Waals surface area contributed by atoms with E-state index in [0.29, 0.717) is 22.2 Å². The van der Waals surface area contributed by atoms with E-state index < -0.39 is 35.1 Å². The molecular formula is C21H25Cl2F3N2O2. The summed E-state index contributed by atoms with van der Waals surface area (Å²) in [7, 11) is 0. The second-order valence-corrected chi connectivity index (χ2v) is 8.44. The van der Waals surface area contributed by atoms with E-state index >= 15 is 0 Å². The molecule has 2 rings (SSSR count). The molecule has 0 bridgehead atoms. The topological polar surface area (TPSA) is 75.3 Å². The number of benzene rings is 2. The zero-order valence-corrected chi connectivity index (χ0v) is 18.4. The number of rotatable bonds is 6. The van der Waals surface area contributed by atoms with E-state index in [9.17, 15) is 23.1 Å². The molecule has 0 radical (unpaired) electrons. The van der Waals surface area contributed by atoms with Gasteiger partial charge in [-0.05, 0) is 62.6 Å². The van der Waals surface area contributed by atoms with Crippen LogP contribution < -0.4 is 11.1 Å². The summed E-state index contributed by atoms with van der Waals surface area (Å²) in [5.41, 5.74) is 6.14. The Kier molecular flexibility index (Phi) is 9.17. The molecule has 2 atom stereocenters. The molecule has 0 aromatic heterocycles. The lowest BCUT2D eigenvalue weighted by Gasteiger charge is -2.23. The molecule has 1 amide bonds. The number of carbonyl (C=O) groups is 1. The van der Waals surface area contributed by atoms with Gasteiger partial charge >= 0.3 is 0 Å². The number of nitrogens with two attached hydrogens (primary N) is 1. The first-order chi connectivity index (χ1) is 13.4. The largest absolute Gasteiger partial charge is 0.391 e. The summed E-state index contributed by atoms with van der Waals surface area (Å²) in [5.74, 6) is -3.77. The van der Waals surface area contributed by atoms with Crippen molar-refractivity contribution in [1.29, 1.82) is 0 Å². The summed E-state index contributed by atoms with van der Waals surface area (Å²) in [5, 5.41) is 13.7. The number of carbonyl (C=O) groups excluding carboxylic acids is 1. The second-order valence-electron chi connectivity index (χ2n) is 8.00. The van der Waals surface area contributed by atoms with Gasteiger partial charge in [0, 0.05) is 34.7 Å². The van der Waals surface area contributed by atoms with E-state index in [1.807, 2.05) is 20.8 Å². The van der Waals surface area contributed by atoms with Crippen molar-refractivity contribution in [2.45, 2.75) is 51.3 Å². The predicted molar refractivity (Wildman–Crippen MR) is 114 cm³/mol. The molecule has 4 nitrogen and oxygen atoms in total. The van der Waals surface area contributed by atoms with Gasteiger partial charge in [0.15, 0.2) is 11.6 Å². The molecule has 2 unspecified atom stereocenters. The number of halogens is 5. The molecule has 0 aliphatic carbocycles. The summed E-state index contributed by atoms with van der Waals surface area (Å²) in [6.07, 6.45) is -1.42. The molecule has 0 spiro atoms. The maximum absolute atomic E-state index is 13.8. The highest BCUT2D eigenvalue weighted by Crippen LogP contribution is 2.21. The molecule has 4 N–H and O–H groups in total. The Bertz CT molecular complexity index is 905. The van der Waals surface area contributed by atoms with Crippen molar-refractivity contribution in [2.24, 2.45) is 5.73 Å². The van der Waals surface area contributed by atoms with Crippen LogP contribution in [-0.4, -0.2) is 28.7 Å². The summed E-state index contributed by atoms with van der Waals surface area (Å²) in [4.78, 5) is 12.6. The Morgan fingerprint density at radius 3 is 2.27 bits per heavy atom. The zero-order chi connectivity index (χ0) is 21.9. The Hall–Kier alpha value is -1.80. The standard InChI is InChI=1S/C21H24ClF3N2O2.ClH/c1-21(2,3)27-20(29)14-5-4-13(22)6-11(14)9-19(28)18(26)8-12-7-16(24)17(25)10-15(12)23;/h4-7,10,18-19,28H,8-9,26H2,1-3H3,(H,27,29);1H.